The zero-order valence-corrected chi connectivity index (χ0v) is 15.0. The molecule has 1 saturated carbocycles. The van der Waals surface area contributed by atoms with Gasteiger partial charge in [-0.1, -0.05) is 30.3 Å². The van der Waals surface area contributed by atoms with Crippen molar-refractivity contribution in [1.82, 2.24) is 9.88 Å². The Morgan fingerprint density at radius 3 is 2.85 bits per heavy atom. The van der Waals surface area contributed by atoms with Gasteiger partial charge in [-0.15, -0.1) is 0 Å². The number of rotatable bonds is 3. The summed E-state index contributed by atoms with van der Waals surface area (Å²) in [5, 5.41) is 11.5. The number of hydrogen-bond acceptors (Lipinski definition) is 4. The highest BCUT2D eigenvalue weighted by atomic mass is 16.5. The van der Waals surface area contributed by atoms with Crippen molar-refractivity contribution in [3.05, 3.63) is 59.8 Å². The van der Waals surface area contributed by atoms with Crippen LogP contribution in [0.2, 0.25) is 0 Å². The number of methoxy groups -OCH3 is 1. The SMILES string of the molecule is COc1cc(C(=O)N2C[C@@H]3CCC[C@@](O)(c4ccccc4)[C@@H]3C2)ccn1. The largest absolute Gasteiger partial charge is 0.481 e. The lowest BCUT2D eigenvalue weighted by Crippen LogP contribution is -2.42. The maximum absolute atomic E-state index is 13.0. The molecule has 3 atom stereocenters. The summed E-state index contributed by atoms with van der Waals surface area (Å²) in [6.07, 6.45) is 4.39. The van der Waals surface area contributed by atoms with E-state index in [1.54, 1.807) is 25.4 Å². The predicted molar refractivity (Wildman–Crippen MR) is 97.9 cm³/mol. The number of likely N-dealkylation sites (tertiary alicyclic amines) is 1. The summed E-state index contributed by atoms with van der Waals surface area (Å²) in [4.78, 5) is 18.9. The van der Waals surface area contributed by atoms with Gasteiger partial charge in [-0.2, -0.15) is 0 Å². The van der Waals surface area contributed by atoms with Crippen molar-refractivity contribution in [3.8, 4) is 5.88 Å². The highest BCUT2D eigenvalue weighted by Crippen LogP contribution is 2.48. The summed E-state index contributed by atoms with van der Waals surface area (Å²) >= 11 is 0. The molecule has 2 fully saturated rings. The molecule has 136 valence electrons. The minimum Gasteiger partial charge on any atom is -0.481 e. The van der Waals surface area contributed by atoms with Gasteiger partial charge >= 0.3 is 0 Å². The van der Waals surface area contributed by atoms with Gasteiger partial charge in [0, 0.05) is 36.8 Å². The van der Waals surface area contributed by atoms with Crippen molar-refractivity contribution in [2.75, 3.05) is 20.2 Å². The summed E-state index contributed by atoms with van der Waals surface area (Å²) in [6.45, 7) is 1.28. The van der Waals surface area contributed by atoms with E-state index in [0.29, 0.717) is 30.5 Å². The highest BCUT2D eigenvalue weighted by Gasteiger charge is 2.50. The minimum absolute atomic E-state index is 0.0180. The number of ether oxygens (including phenoxy) is 1. The average molecular weight is 352 g/mol. The fraction of sp³-hybridized carbons (Fsp3) is 0.429. The number of pyridine rings is 1. The quantitative estimate of drug-likeness (QED) is 0.923. The normalized spacial score (nSPS) is 27.8. The molecular weight excluding hydrogens is 328 g/mol. The fourth-order valence-electron chi connectivity index (χ4n) is 4.61. The van der Waals surface area contributed by atoms with E-state index in [9.17, 15) is 9.90 Å². The third-order valence-electron chi connectivity index (χ3n) is 5.94. The number of aromatic nitrogens is 1. The Labute approximate surface area is 153 Å². The molecular formula is C21H24N2O3. The summed E-state index contributed by atoms with van der Waals surface area (Å²) in [5.41, 5.74) is 0.697. The summed E-state index contributed by atoms with van der Waals surface area (Å²) < 4.78 is 5.13. The van der Waals surface area contributed by atoms with Crippen LogP contribution in [0.25, 0.3) is 0 Å². The Bertz CT molecular complexity index is 795. The Morgan fingerprint density at radius 2 is 2.08 bits per heavy atom. The lowest BCUT2D eigenvalue weighted by Gasteiger charge is -2.41. The summed E-state index contributed by atoms with van der Waals surface area (Å²) in [5.74, 6) is 0.830. The predicted octanol–water partition coefficient (Wildman–Crippen LogP) is 2.85. The molecule has 2 heterocycles. The molecule has 5 heteroatoms. The monoisotopic (exact) mass is 352 g/mol. The molecule has 1 aliphatic carbocycles. The number of nitrogens with zero attached hydrogens (tertiary/aromatic N) is 2. The number of aliphatic hydroxyl groups is 1. The van der Waals surface area contributed by atoms with E-state index in [-0.39, 0.29) is 11.8 Å². The van der Waals surface area contributed by atoms with Gasteiger partial charge in [0.1, 0.15) is 0 Å². The lowest BCUT2D eigenvalue weighted by molar-refractivity contribution is -0.0644. The van der Waals surface area contributed by atoms with Crippen molar-refractivity contribution in [2.24, 2.45) is 11.8 Å². The van der Waals surface area contributed by atoms with E-state index < -0.39 is 5.60 Å². The van der Waals surface area contributed by atoms with Crippen LogP contribution in [0, 0.1) is 11.8 Å². The first-order chi connectivity index (χ1) is 12.6. The minimum atomic E-state index is -0.852. The molecule has 0 unspecified atom stereocenters. The molecule has 1 aromatic heterocycles. The summed E-state index contributed by atoms with van der Waals surface area (Å²) in [7, 11) is 1.54. The molecule has 2 aliphatic rings. The zero-order valence-electron chi connectivity index (χ0n) is 15.0. The molecule has 26 heavy (non-hydrogen) atoms. The standard InChI is InChI=1S/C21H24N2O3/c1-26-19-12-15(9-11-22-19)20(24)23-13-16-6-5-10-21(25,18(16)14-23)17-7-3-2-4-8-17/h2-4,7-9,11-12,16,18,25H,5-6,10,13-14H2,1H3/t16-,18+,21+/m0/s1. The van der Waals surface area contributed by atoms with Crippen molar-refractivity contribution < 1.29 is 14.6 Å². The fourth-order valence-corrected chi connectivity index (χ4v) is 4.61. The van der Waals surface area contributed by atoms with Gasteiger partial charge in [0.2, 0.25) is 5.88 Å². The Balaban J connectivity index is 1.58. The molecule has 0 spiro atoms. The van der Waals surface area contributed by atoms with E-state index in [0.717, 1.165) is 24.8 Å². The molecule has 1 amide bonds. The number of carbonyl (C=O) groups excluding carboxylic acids is 1. The van der Waals surface area contributed by atoms with Crippen molar-refractivity contribution >= 4 is 5.91 Å². The Hall–Kier alpha value is -2.40. The third kappa shape index (κ3) is 2.86. The van der Waals surface area contributed by atoms with Gasteiger partial charge in [0.05, 0.1) is 12.7 Å². The van der Waals surface area contributed by atoms with E-state index in [1.807, 2.05) is 35.2 Å². The van der Waals surface area contributed by atoms with Crippen LogP contribution in [-0.2, 0) is 5.60 Å². The van der Waals surface area contributed by atoms with Crippen LogP contribution < -0.4 is 4.74 Å². The van der Waals surface area contributed by atoms with Crippen LogP contribution in [0.15, 0.2) is 48.7 Å². The second-order valence-electron chi connectivity index (χ2n) is 7.35. The molecule has 1 N–H and O–H groups in total. The topological polar surface area (TPSA) is 62.7 Å². The van der Waals surface area contributed by atoms with Crippen LogP contribution in [0.5, 0.6) is 5.88 Å². The van der Waals surface area contributed by atoms with Crippen molar-refractivity contribution in [1.29, 1.82) is 0 Å². The highest BCUT2D eigenvalue weighted by molar-refractivity contribution is 5.94. The molecule has 4 rings (SSSR count). The molecule has 1 aliphatic heterocycles. The van der Waals surface area contributed by atoms with Crippen LogP contribution in [0.1, 0.15) is 35.2 Å². The van der Waals surface area contributed by atoms with Gasteiger partial charge in [0.25, 0.3) is 5.91 Å². The maximum Gasteiger partial charge on any atom is 0.254 e. The van der Waals surface area contributed by atoms with Gasteiger partial charge < -0.3 is 14.7 Å². The molecule has 5 nitrogen and oxygen atoms in total. The van der Waals surface area contributed by atoms with Crippen LogP contribution in [-0.4, -0.2) is 41.1 Å². The second-order valence-corrected chi connectivity index (χ2v) is 7.35. The average Bonchev–Trinajstić information content (AvgIpc) is 3.14. The number of carbonyl (C=O) groups is 1. The molecule has 0 bridgehead atoms. The van der Waals surface area contributed by atoms with E-state index in [1.165, 1.54) is 0 Å². The lowest BCUT2D eigenvalue weighted by atomic mass is 9.67. The first-order valence-corrected chi connectivity index (χ1v) is 9.19. The molecule has 0 radical (unpaired) electrons. The maximum atomic E-state index is 13.0. The molecule has 2 aromatic rings. The Morgan fingerprint density at radius 1 is 1.27 bits per heavy atom. The first kappa shape index (κ1) is 17.0. The van der Waals surface area contributed by atoms with Gasteiger partial charge in [0.15, 0.2) is 0 Å². The number of benzene rings is 1. The van der Waals surface area contributed by atoms with Gasteiger partial charge in [-0.25, -0.2) is 4.98 Å². The van der Waals surface area contributed by atoms with Crippen LogP contribution in [0.4, 0.5) is 0 Å². The van der Waals surface area contributed by atoms with E-state index >= 15 is 0 Å². The zero-order chi connectivity index (χ0) is 18.1. The smallest absolute Gasteiger partial charge is 0.254 e. The molecule has 1 aromatic carbocycles. The van der Waals surface area contributed by atoms with Crippen LogP contribution in [0.3, 0.4) is 0 Å². The van der Waals surface area contributed by atoms with Crippen molar-refractivity contribution in [3.63, 3.8) is 0 Å². The van der Waals surface area contributed by atoms with Crippen molar-refractivity contribution in [2.45, 2.75) is 24.9 Å². The molecule has 1 saturated heterocycles. The number of hydrogen-bond donors (Lipinski definition) is 1. The summed E-state index contributed by atoms with van der Waals surface area (Å²) in [6, 6.07) is 13.3. The third-order valence-corrected chi connectivity index (χ3v) is 5.94. The van der Waals surface area contributed by atoms with E-state index in [4.69, 9.17) is 4.74 Å². The second kappa shape index (κ2) is 6.72. The van der Waals surface area contributed by atoms with E-state index in [2.05, 4.69) is 4.98 Å². The van der Waals surface area contributed by atoms with Gasteiger partial charge in [-0.3, -0.25) is 4.79 Å². The first-order valence-electron chi connectivity index (χ1n) is 9.19. The Kier molecular flexibility index (Phi) is 4.41. The van der Waals surface area contributed by atoms with Gasteiger partial charge in [-0.05, 0) is 36.8 Å². The van der Waals surface area contributed by atoms with Crippen LogP contribution >= 0.6 is 0 Å². The number of amides is 1. The number of fused-ring (bicyclic) bond motifs is 1.